The van der Waals surface area contributed by atoms with Gasteiger partial charge in [0.05, 0.1) is 27.8 Å². The van der Waals surface area contributed by atoms with E-state index in [0.717, 1.165) is 9.87 Å². The molecule has 11 heteroatoms. The molecule has 158 valence electrons. The summed E-state index contributed by atoms with van der Waals surface area (Å²) >= 11 is 18.3. The summed E-state index contributed by atoms with van der Waals surface area (Å²) in [7, 11) is -1.03. The number of carbonyl (C=O) groups excluding carboxylic acids is 1. The third-order valence-corrected chi connectivity index (χ3v) is 7.42. The van der Waals surface area contributed by atoms with E-state index >= 15 is 0 Å². The lowest BCUT2D eigenvalue weighted by Crippen LogP contribution is -2.23. The van der Waals surface area contributed by atoms with Crippen molar-refractivity contribution >= 4 is 56.6 Å². The molecule has 0 aliphatic heterocycles. The van der Waals surface area contributed by atoms with Crippen LogP contribution in [0.25, 0.3) is 0 Å². The maximum atomic E-state index is 12.7. The first-order valence-electron chi connectivity index (χ1n) is 8.59. The molecule has 1 heterocycles. The number of nitrogens with zero attached hydrogens (tertiary/aromatic N) is 3. The smallest absolute Gasteiger partial charge is 0.256 e. The van der Waals surface area contributed by atoms with E-state index in [1.807, 2.05) is 0 Å². The van der Waals surface area contributed by atoms with Crippen LogP contribution in [0.5, 0.6) is 0 Å². The first-order chi connectivity index (χ1) is 14.1. The van der Waals surface area contributed by atoms with Crippen molar-refractivity contribution in [3.63, 3.8) is 0 Å². The molecule has 0 radical (unpaired) electrons. The second kappa shape index (κ2) is 8.95. The van der Waals surface area contributed by atoms with Gasteiger partial charge in [-0.05, 0) is 29.8 Å². The fourth-order valence-corrected chi connectivity index (χ4v) is 4.40. The second-order valence-electron chi connectivity index (χ2n) is 6.47. The highest BCUT2D eigenvalue weighted by atomic mass is 35.5. The molecule has 0 spiro atoms. The van der Waals surface area contributed by atoms with Crippen molar-refractivity contribution in [2.75, 3.05) is 19.4 Å². The van der Waals surface area contributed by atoms with Crippen LogP contribution in [0.3, 0.4) is 0 Å². The van der Waals surface area contributed by atoms with Crippen molar-refractivity contribution in [1.29, 1.82) is 0 Å². The van der Waals surface area contributed by atoms with E-state index in [2.05, 4.69) is 10.4 Å². The zero-order valence-electron chi connectivity index (χ0n) is 15.9. The van der Waals surface area contributed by atoms with Crippen molar-refractivity contribution in [3.05, 3.63) is 74.9 Å². The third kappa shape index (κ3) is 4.63. The number of halogens is 3. The van der Waals surface area contributed by atoms with Gasteiger partial charge in [0.1, 0.15) is 10.7 Å². The summed E-state index contributed by atoms with van der Waals surface area (Å²) in [4.78, 5) is 12.6. The molecule has 3 aromatic rings. The summed E-state index contributed by atoms with van der Waals surface area (Å²) < 4.78 is 27.4. The van der Waals surface area contributed by atoms with Crippen LogP contribution in [-0.4, -0.2) is 42.5 Å². The number of anilines is 1. The predicted octanol–water partition coefficient (Wildman–Crippen LogP) is 4.39. The summed E-state index contributed by atoms with van der Waals surface area (Å²) in [5.41, 5.74) is 0.864. The summed E-state index contributed by atoms with van der Waals surface area (Å²) in [6, 6.07) is 10.9. The summed E-state index contributed by atoms with van der Waals surface area (Å²) in [5, 5.41) is 7.78. The Morgan fingerprint density at radius 3 is 2.53 bits per heavy atom. The van der Waals surface area contributed by atoms with Gasteiger partial charge in [-0.2, -0.15) is 5.10 Å². The first-order valence-corrected chi connectivity index (χ1v) is 11.2. The Morgan fingerprint density at radius 2 is 1.83 bits per heavy atom. The van der Waals surface area contributed by atoms with E-state index in [0.29, 0.717) is 15.9 Å². The van der Waals surface area contributed by atoms with Gasteiger partial charge >= 0.3 is 0 Å². The average Bonchev–Trinajstić information content (AvgIpc) is 3.12. The monoisotopic (exact) mass is 486 g/mol. The number of nitrogens with one attached hydrogen (secondary N) is 1. The molecule has 7 nitrogen and oxygen atoms in total. The lowest BCUT2D eigenvalue weighted by atomic mass is 10.2. The van der Waals surface area contributed by atoms with Crippen LogP contribution < -0.4 is 5.32 Å². The summed E-state index contributed by atoms with van der Waals surface area (Å²) in [6.45, 7) is 0.281. The molecule has 0 atom stereocenters. The Balaban J connectivity index is 1.86. The van der Waals surface area contributed by atoms with Crippen LogP contribution >= 0.6 is 34.8 Å². The molecule has 0 aliphatic rings. The molecule has 0 bridgehead atoms. The van der Waals surface area contributed by atoms with Gasteiger partial charge in [-0.3, -0.25) is 4.79 Å². The van der Waals surface area contributed by atoms with E-state index in [4.69, 9.17) is 34.8 Å². The zero-order chi connectivity index (χ0) is 22.1. The van der Waals surface area contributed by atoms with E-state index < -0.39 is 15.9 Å². The van der Waals surface area contributed by atoms with Gasteiger partial charge in [0, 0.05) is 25.7 Å². The van der Waals surface area contributed by atoms with Crippen LogP contribution in [0.2, 0.25) is 15.1 Å². The molecule has 0 unspecified atom stereocenters. The minimum absolute atomic E-state index is 0.0286. The molecule has 0 aliphatic carbocycles. The van der Waals surface area contributed by atoms with Crippen LogP contribution in [-0.2, 0) is 16.6 Å². The second-order valence-corrected chi connectivity index (χ2v) is 9.79. The Kier molecular flexibility index (Phi) is 6.74. The normalized spacial score (nSPS) is 11.7. The predicted molar refractivity (Wildman–Crippen MR) is 118 cm³/mol. The van der Waals surface area contributed by atoms with Gasteiger partial charge in [-0.25, -0.2) is 17.4 Å². The minimum atomic E-state index is -3.81. The van der Waals surface area contributed by atoms with Crippen molar-refractivity contribution in [3.8, 4) is 0 Å². The Bertz CT molecular complexity index is 1210. The number of hydrogen-bond donors (Lipinski definition) is 1. The van der Waals surface area contributed by atoms with Gasteiger partial charge in [-0.15, -0.1) is 0 Å². The fraction of sp³-hybridized carbons (Fsp3) is 0.158. The molecule has 1 N–H and O–H groups in total. The summed E-state index contributed by atoms with van der Waals surface area (Å²) in [6.07, 6.45) is 1.53. The number of benzene rings is 2. The SMILES string of the molecule is CN(C)S(=O)(=O)c1cc(C(=O)Nc2ccnn2Cc2cccc(Cl)c2Cl)ccc1Cl. The highest BCUT2D eigenvalue weighted by Crippen LogP contribution is 2.27. The minimum Gasteiger partial charge on any atom is -0.307 e. The molecule has 3 rings (SSSR count). The number of hydrogen-bond acceptors (Lipinski definition) is 4. The average molecular weight is 488 g/mol. The van der Waals surface area contributed by atoms with E-state index in [1.54, 1.807) is 28.9 Å². The topological polar surface area (TPSA) is 84.3 Å². The van der Waals surface area contributed by atoms with Crippen molar-refractivity contribution in [2.24, 2.45) is 0 Å². The van der Waals surface area contributed by atoms with Gasteiger partial charge in [-0.1, -0.05) is 46.9 Å². The van der Waals surface area contributed by atoms with Crippen LogP contribution in [0, 0.1) is 0 Å². The highest BCUT2D eigenvalue weighted by molar-refractivity contribution is 7.89. The molecule has 0 saturated heterocycles. The van der Waals surface area contributed by atoms with Gasteiger partial charge < -0.3 is 5.32 Å². The van der Waals surface area contributed by atoms with Crippen LogP contribution in [0.15, 0.2) is 53.6 Å². The molecule has 0 saturated carbocycles. The molecular formula is C19H17Cl3N4O3S. The van der Waals surface area contributed by atoms with E-state index in [9.17, 15) is 13.2 Å². The Morgan fingerprint density at radius 1 is 1.10 bits per heavy atom. The largest absolute Gasteiger partial charge is 0.307 e. The van der Waals surface area contributed by atoms with E-state index in [-0.39, 0.29) is 22.0 Å². The van der Waals surface area contributed by atoms with Crippen molar-refractivity contribution in [2.45, 2.75) is 11.4 Å². The molecule has 1 amide bonds. The van der Waals surface area contributed by atoms with Gasteiger partial charge in [0.25, 0.3) is 5.91 Å². The van der Waals surface area contributed by atoms with Crippen LogP contribution in [0.4, 0.5) is 5.82 Å². The fourth-order valence-electron chi connectivity index (χ4n) is 2.62. The Labute approximate surface area is 189 Å². The maximum absolute atomic E-state index is 12.7. The van der Waals surface area contributed by atoms with Crippen LogP contribution in [0.1, 0.15) is 15.9 Å². The quantitative estimate of drug-likeness (QED) is 0.559. The molecule has 0 fully saturated rings. The van der Waals surface area contributed by atoms with Crippen molar-refractivity contribution in [1.82, 2.24) is 14.1 Å². The lowest BCUT2D eigenvalue weighted by molar-refractivity contribution is 0.102. The third-order valence-electron chi connectivity index (χ3n) is 4.26. The lowest BCUT2D eigenvalue weighted by Gasteiger charge is -2.14. The summed E-state index contributed by atoms with van der Waals surface area (Å²) in [5.74, 6) is -0.108. The highest BCUT2D eigenvalue weighted by Gasteiger charge is 2.23. The number of aromatic nitrogens is 2. The Hall–Kier alpha value is -2.10. The zero-order valence-corrected chi connectivity index (χ0v) is 19.0. The standard InChI is InChI=1S/C19H17Cl3N4O3S/c1-25(2)30(28,29)16-10-12(6-7-14(16)20)19(27)24-17-8-9-23-26(17)11-13-4-3-5-15(21)18(13)22/h3-10H,11H2,1-2H3,(H,24,27). The molecule has 1 aromatic heterocycles. The van der Waals surface area contributed by atoms with Gasteiger partial charge in [0.15, 0.2) is 0 Å². The number of carbonyl (C=O) groups is 1. The first kappa shape index (κ1) is 22.6. The van der Waals surface area contributed by atoms with Gasteiger partial charge in [0.2, 0.25) is 10.0 Å². The number of rotatable bonds is 6. The molecule has 2 aromatic carbocycles. The molecule has 30 heavy (non-hydrogen) atoms. The molecular weight excluding hydrogens is 471 g/mol. The number of sulfonamides is 1. The number of amides is 1. The maximum Gasteiger partial charge on any atom is 0.256 e. The van der Waals surface area contributed by atoms with Crippen molar-refractivity contribution < 1.29 is 13.2 Å². The van der Waals surface area contributed by atoms with E-state index in [1.165, 1.54) is 38.5 Å².